The Kier molecular flexibility index (Phi) is 5.68. The zero-order chi connectivity index (χ0) is 14.5. The van der Waals surface area contributed by atoms with Crippen molar-refractivity contribution in [1.29, 1.82) is 0 Å². The van der Waals surface area contributed by atoms with E-state index in [4.69, 9.17) is 10.9 Å². The van der Waals surface area contributed by atoms with E-state index in [0.29, 0.717) is 11.3 Å². The first-order valence-electron chi connectivity index (χ1n) is 5.66. The Morgan fingerprint density at radius 1 is 1.47 bits per heavy atom. The SMILES string of the molecule is Cc1cc(/C(N)=N/O)ccc1CSCCS(C)(=O)=O. The van der Waals surface area contributed by atoms with E-state index in [2.05, 4.69) is 5.16 Å². The van der Waals surface area contributed by atoms with Crippen molar-refractivity contribution in [2.75, 3.05) is 17.8 Å². The van der Waals surface area contributed by atoms with Crippen molar-refractivity contribution in [3.8, 4) is 0 Å². The molecule has 5 nitrogen and oxygen atoms in total. The summed E-state index contributed by atoms with van der Waals surface area (Å²) in [5.74, 6) is 1.61. The second kappa shape index (κ2) is 6.81. The molecule has 1 rings (SSSR count). The van der Waals surface area contributed by atoms with E-state index in [-0.39, 0.29) is 11.6 Å². The van der Waals surface area contributed by atoms with Crippen molar-refractivity contribution in [1.82, 2.24) is 0 Å². The second-order valence-electron chi connectivity index (χ2n) is 4.31. The Labute approximate surface area is 117 Å². The molecule has 0 saturated carbocycles. The third kappa shape index (κ3) is 5.52. The van der Waals surface area contributed by atoms with Crippen LogP contribution in [0.15, 0.2) is 23.4 Å². The van der Waals surface area contributed by atoms with Gasteiger partial charge in [0.05, 0.1) is 5.75 Å². The molecule has 0 aliphatic heterocycles. The number of thioether (sulfide) groups is 1. The van der Waals surface area contributed by atoms with E-state index in [0.717, 1.165) is 16.9 Å². The van der Waals surface area contributed by atoms with Gasteiger partial charge in [-0.2, -0.15) is 11.8 Å². The first kappa shape index (κ1) is 15.8. The predicted octanol–water partition coefficient (Wildman–Crippen LogP) is 1.37. The number of rotatable bonds is 6. The average molecular weight is 302 g/mol. The van der Waals surface area contributed by atoms with E-state index in [1.54, 1.807) is 17.8 Å². The predicted molar refractivity (Wildman–Crippen MR) is 79.6 cm³/mol. The van der Waals surface area contributed by atoms with Crippen molar-refractivity contribution in [3.05, 3.63) is 34.9 Å². The molecule has 7 heteroatoms. The Hall–Kier alpha value is -1.21. The van der Waals surface area contributed by atoms with Crippen molar-refractivity contribution in [3.63, 3.8) is 0 Å². The first-order chi connectivity index (χ1) is 8.83. The summed E-state index contributed by atoms with van der Waals surface area (Å²) in [7, 11) is -2.89. The summed E-state index contributed by atoms with van der Waals surface area (Å²) >= 11 is 1.58. The number of aryl methyl sites for hydroxylation is 1. The minimum absolute atomic E-state index is 0.0828. The number of nitrogens with two attached hydrogens (primary N) is 1. The van der Waals surface area contributed by atoms with E-state index in [1.165, 1.54) is 6.26 Å². The van der Waals surface area contributed by atoms with Crippen LogP contribution in [0.25, 0.3) is 0 Å². The lowest BCUT2D eigenvalue weighted by Gasteiger charge is -2.07. The molecular formula is C12H18N2O3S2. The maximum atomic E-state index is 11.0. The smallest absolute Gasteiger partial charge is 0.170 e. The number of oxime groups is 1. The van der Waals surface area contributed by atoms with Crippen molar-refractivity contribution >= 4 is 27.4 Å². The third-order valence-corrected chi connectivity index (χ3v) is 4.81. The van der Waals surface area contributed by atoms with Crippen LogP contribution < -0.4 is 5.73 Å². The zero-order valence-electron chi connectivity index (χ0n) is 11.0. The minimum atomic E-state index is -2.89. The molecule has 0 amide bonds. The van der Waals surface area contributed by atoms with Crippen molar-refractivity contribution < 1.29 is 13.6 Å². The Bertz CT molecular complexity index is 568. The Morgan fingerprint density at radius 3 is 2.68 bits per heavy atom. The highest BCUT2D eigenvalue weighted by Gasteiger charge is 2.05. The van der Waals surface area contributed by atoms with Gasteiger partial charge in [0.15, 0.2) is 5.84 Å². The molecule has 0 bridgehead atoms. The van der Waals surface area contributed by atoms with Crippen LogP contribution in [0.1, 0.15) is 16.7 Å². The van der Waals surface area contributed by atoms with Crippen LogP contribution in [-0.4, -0.2) is 37.2 Å². The quantitative estimate of drug-likeness (QED) is 0.272. The molecule has 0 fully saturated rings. The van der Waals surface area contributed by atoms with E-state index < -0.39 is 9.84 Å². The van der Waals surface area contributed by atoms with Crippen LogP contribution in [-0.2, 0) is 15.6 Å². The fourth-order valence-corrected chi connectivity index (χ4v) is 3.84. The summed E-state index contributed by atoms with van der Waals surface area (Å²) in [5, 5.41) is 11.6. The van der Waals surface area contributed by atoms with Gasteiger partial charge in [-0.1, -0.05) is 17.3 Å². The number of hydrogen-bond acceptors (Lipinski definition) is 5. The Balaban J connectivity index is 2.61. The molecule has 0 unspecified atom stereocenters. The molecule has 0 heterocycles. The van der Waals surface area contributed by atoms with Gasteiger partial charge in [0.25, 0.3) is 0 Å². The molecule has 0 aromatic heterocycles. The number of amidine groups is 1. The van der Waals surface area contributed by atoms with Crippen LogP contribution in [0.3, 0.4) is 0 Å². The second-order valence-corrected chi connectivity index (χ2v) is 7.67. The molecule has 1 aromatic carbocycles. The molecular weight excluding hydrogens is 284 g/mol. The van der Waals surface area contributed by atoms with Crippen LogP contribution in [0.4, 0.5) is 0 Å². The normalized spacial score (nSPS) is 12.6. The topological polar surface area (TPSA) is 92.8 Å². The Morgan fingerprint density at radius 2 is 2.16 bits per heavy atom. The average Bonchev–Trinajstić information content (AvgIpc) is 2.33. The molecule has 0 atom stereocenters. The van der Waals surface area contributed by atoms with Crippen molar-refractivity contribution in [2.24, 2.45) is 10.9 Å². The van der Waals surface area contributed by atoms with Crippen LogP contribution in [0.5, 0.6) is 0 Å². The number of hydrogen-bond donors (Lipinski definition) is 2. The maximum absolute atomic E-state index is 11.0. The summed E-state index contributed by atoms with van der Waals surface area (Å²) in [6.45, 7) is 1.95. The monoisotopic (exact) mass is 302 g/mol. The molecule has 0 aliphatic rings. The lowest BCUT2D eigenvalue weighted by Crippen LogP contribution is -2.13. The third-order valence-electron chi connectivity index (χ3n) is 2.60. The molecule has 0 saturated heterocycles. The highest BCUT2D eigenvalue weighted by atomic mass is 32.2. The highest BCUT2D eigenvalue weighted by molar-refractivity contribution is 7.99. The largest absolute Gasteiger partial charge is 0.409 e. The van der Waals surface area contributed by atoms with Gasteiger partial charge in [-0.15, -0.1) is 0 Å². The van der Waals surface area contributed by atoms with Gasteiger partial charge < -0.3 is 10.9 Å². The summed E-state index contributed by atoms with van der Waals surface area (Å²) in [6, 6.07) is 5.55. The van der Waals surface area contributed by atoms with Gasteiger partial charge in [0.1, 0.15) is 9.84 Å². The van der Waals surface area contributed by atoms with Gasteiger partial charge in [-0.05, 0) is 24.1 Å². The molecule has 1 aromatic rings. The van der Waals surface area contributed by atoms with E-state index >= 15 is 0 Å². The van der Waals surface area contributed by atoms with Gasteiger partial charge in [0.2, 0.25) is 0 Å². The van der Waals surface area contributed by atoms with Gasteiger partial charge >= 0.3 is 0 Å². The fourth-order valence-electron chi connectivity index (χ4n) is 1.47. The van der Waals surface area contributed by atoms with E-state index in [1.807, 2.05) is 19.1 Å². The molecule has 0 radical (unpaired) electrons. The maximum Gasteiger partial charge on any atom is 0.170 e. The van der Waals surface area contributed by atoms with Gasteiger partial charge in [-0.3, -0.25) is 0 Å². The fraction of sp³-hybridized carbons (Fsp3) is 0.417. The highest BCUT2D eigenvalue weighted by Crippen LogP contribution is 2.18. The van der Waals surface area contributed by atoms with Gasteiger partial charge in [-0.25, -0.2) is 8.42 Å². The first-order valence-corrected chi connectivity index (χ1v) is 8.88. The number of nitrogens with zero attached hydrogens (tertiary/aromatic N) is 1. The lowest BCUT2D eigenvalue weighted by molar-refractivity contribution is 0.318. The summed E-state index contributed by atoms with van der Waals surface area (Å²) in [4.78, 5) is 0. The molecule has 3 N–H and O–H groups in total. The minimum Gasteiger partial charge on any atom is -0.409 e. The van der Waals surface area contributed by atoms with Crippen LogP contribution >= 0.6 is 11.8 Å². The number of benzene rings is 1. The summed E-state index contributed by atoms with van der Waals surface area (Å²) in [6.07, 6.45) is 1.24. The van der Waals surface area contributed by atoms with Crippen molar-refractivity contribution in [2.45, 2.75) is 12.7 Å². The molecule has 0 aliphatic carbocycles. The van der Waals surface area contributed by atoms with Crippen LogP contribution in [0, 0.1) is 6.92 Å². The molecule has 0 spiro atoms. The molecule has 19 heavy (non-hydrogen) atoms. The summed E-state index contributed by atoms with van der Waals surface area (Å²) < 4.78 is 22.0. The van der Waals surface area contributed by atoms with E-state index in [9.17, 15) is 8.42 Å². The van der Waals surface area contributed by atoms with Crippen LogP contribution in [0.2, 0.25) is 0 Å². The lowest BCUT2D eigenvalue weighted by atomic mass is 10.1. The number of sulfone groups is 1. The zero-order valence-corrected chi connectivity index (χ0v) is 12.6. The molecule has 106 valence electrons. The standard InChI is InChI=1S/C12H18N2O3S2/c1-9-7-10(12(13)14-15)3-4-11(9)8-18-5-6-19(2,16)17/h3-4,7,15H,5-6,8H2,1-2H3,(H2,13,14). The summed E-state index contributed by atoms with van der Waals surface area (Å²) in [5.41, 5.74) is 8.34. The van der Waals surface area contributed by atoms with Gasteiger partial charge in [0, 0.05) is 23.3 Å².